The van der Waals surface area contributed by atoms with Crippen molar-refractivity contribution in [2.75, 3.05) is 11.9 Å². The molecule has 0 fully saturated rings. The summed E-state index contributed by atoms with van der Waals surface area (Å²) < 4.78 is 14.2. The van der Waals surface area contributed by atoms with Gasteiger partial charge in [0.05, 0.1) is 11.6 Å². The smallest absolute Gasteiger partial charge is 0.228 e. The first-order chi connectivity index (χ1) is 25.9. The molecule has 3 aliphatic rings. The van der Waals surface area contributed by atoms with Crippen LogP contribution in [0.5, 0.6) is 11.5 Å². The Balaban J connectivity index is 1.03. The Kier molecular flexibility index (Phi) is 6.84. The van der Waals surface area contributed by atoms with Gasteiger partial charge in [-0.2, -0.15) is 0 Å². The number of likely N-dealkylation sites (N-methyl/N-ethyl adjacent to an activating group) is 1. The predicted octanol–water partition coefficient (Wildman–Crippen LogP) is 11.7. The van der Waals surface area contributed by atoms with Crippen LogP contribution in [0, 0.1) is 0 Å². The molecule has 0 bridgehead atoms. The first kappa shape index (κ1) is 31.4. The summed E-state index contributed by atoms with van der Waals surface area (Å²) in [6.45, 7) is 4.48. The predicted molar refractivity (Wildman–Crippen MR) is 220 cm³/mol. The zero-order valence-electron chi connectivity index (χ0n) is 30.0. The van der Waals surface area contributed by atoms with Crippen LogP contribution in [-0.2, 0) is 11.0 Å². The van der Waals surface area contributed by atoms with E-state index in [-0.39, 0.29) is 5.41 Å². The molecule has 3 aliphatic heterocycles. The maximum atomic E-state index is 7.26. The number of nitrogens with zero attached hydrogens (tertiary/aromatic N) is 2. The number of aliphatic imine (C=N–C) groups is 1. The third-order valence-electron chi connectivity index (χ3n) is 11.6. The Hall–Kier alpha value is -6.39. The Morgan fingerprint density at radius 2 is 1.34 bits per heavy atom. The van der Waals surface area contributed by atoms with Crippen molar-refractivity contribution in [2.24, 2.45) is 4.99 Å². The van der Waals surface area contributed by atoms with Crippen LogP contribution in [0.25, 0.3) is 39.8 Å². The molecule has 0 aliphatic carbocycles. The van der Waals surface area contributed by atoms with Gasteiger partial charge in [0, 0.05) is 40.4 Å². The summed E-state index contributed by atoms with van der Waals surface area (Å²) in [6, 6.07) is 51.1. The summed E-state index contributed by atoms with van der Waals surface area (Å²) in [5, 5.41) is 4.51. The van der Waals surface area contributed by atoms with E-state index in [1.165, 1.54) is 22.0 Å². The van der Waals surface area contributed by atoms with Crippen molar-refractivity contribution in [3.63, 3.8) is 0 Å². The fourth-order valence-corrected chi connectivity index (χ4v) is 8.72. The molecule has 0 amide bonds. The van der Waals surface area contributed by atoms with Gasteiger partial charge in [0.2, 0.25) is 5.72 Å². The van der Waals surface area contributed by atoms with Crippen LogP contribution in [0.2, 0.25) is 0 Å². The molecule has 7 aromatic carbocycles. The van der Waals surface area contributed by atoms with Crippen molar-refractivity contribution in [1.29, 1.82) is 0 Å². The zero-order chi connectivity index (χ0) is 35.8. The van der Waals surface area contributed by atoms with Crippen LogP contribution in [0.4, 0.5) is 11.4 Å². The second-order valence-electron chi connectivity index (χ2n) is 14.8. The number of para-hydroxylation sites is 1. The van der Waals surface area contributed by atoms with Crippen LogP contribution in [0.15, 0.2) is 157 Å². The van der Waals surface area contributed by atoms with E-state index in [0.717, 1.165) is 55.8 Å². The maximum absolute atomic E-state index is 7.26. The normalized spacial score (nSPS) is 18.9. The molecule has 0 N–H and O–H groups in total. The summed E-state index contributed by atoms with van der Waals surface area (Å²) in [4.78, 5) is 7.34. The first-order valence-corrected chi connectivity index (χ1v) is 18.3. The van der Waals surface area contributed by atoms with Crippen molar-refractivity contribution in [3.8, 4) is 11.5 Å². The van der Waals surface area contributed by atoms with E-state index < -0.39 is 11.3 Å². The van der Waals surface area contributed by atoms with Crippen LogP contribution < -0.4 is 14.4 Å². The van der Waals surface area contributed by atoms with E-state index in [1.807, 2.05) is 18.3 Å². The highest BCUT2D eigenvalue weighted by Gasteiger charge is 2.58. The monoisotopic (exact) mass is 686 g/mol. The second kappa shape index (κ2) is 11.6. The SMILES string of the molecule is CN1c2ccccc2C(C)(C)C12C=Nc1c(ccc3cc(/C=C/c4cc5ccccc5c5c4OC(c4ccccc4)(c4ccccc4)C=C5)ccc13)O2. The Morgan fingerprint density at radius 3 is 2.11 bits per heavy atom. The number of benzene rings is 7. The fraction of sp³-hybridized carbons (Fsp3) is 0.122. The van der Waals surface area contributed by atoms with Gasteiger partial charge in [-0.05, 0) is 77.6 Å². The quantitative estimate of drug-likeness (QED) is 0.173. The van der Waals surface area contributed by atoms with Gasteiger partial charge < -0.3 is 14.4 Å². The topological polar surface area (TPSA) is 34.1 Å². The van der Waals surface area contributed by atoms with Crippen LogP contribution in [0.1, 0.15) is 47.2 Å². The van der Waals surface area contributed by atoms with Crippen molar-refractivity contribution >= 4 is 57.4 Å². The van der Waals surface area contributed by atoms with Crippen molar-refractivity contribution < 1.29 is 9.47 Å². The molecule has 1 spiro atoms. The van der Waals surface area contributed by atoms with Crippen LogP contribution in [0.3, 0.4) is 0 Å². The standard InChI is InChI=1S/C49H38N2O2/c1-47(2)42-20-12-13-21-43(42)51(3)49(47)32-50-45-40-26-23-33(30-35(40)25-27-44(45)52-49)22-24-36-31-34-14-10-11-19-39(34)41-28-29-48(53-46(36)41,37-15-6-4-7-16-37)38-17-8-5-9-18-38/h4-32H,1-3H3/b24-22+. The number of rotatable bonds is 4. The molecule has 0 radical (unpaired) electrons. The largest absolute Gasteiger partial charge is 0.472 e. The third kappa shape index (κ3) is 4.58. The van der Waals surface area contributed by atoms with Crippen LogP contribution >= 0.6 is 0 Å². The average Bonchev–Trinajstić information content (AvgIpc) is 3.37. The maximum Gasteiger partial charge on any atom is 0.228 e. The molecule has 256 valence electrons. The van der Waals surface area contributed by atoms with Gasteiger partial charge in [0.25, 0.3) is 0 Å². The lowest BCUT2D eigenvalue weighted by Crippen LogP contribution is -2.61. The number of hydrogen-bond donors (Lipinski definition) is 0. The highest BCUT2D eigenvalue weighted by molar-refractivity contribution is 6.01. The summed E-state index contributed by atoms with van der Waals surface area (Å²) >= 11 is 0. The lowest BCUT2D eigenvalue weighted by atomic mass is 9.77. The number of hydrogen-bond acceptors (Lipinski definition) is 4. The van der Waals surface area contributed by atoms with Crippen molar-refractivity contribution in [2.45, 2.75) is 30.6 Å². The molecule has 10 rings (SSSR count). The molecule has 0 saturated carbocycles. The molecule has 1 atom stereocenters. The number of ether oxygens (including phenoxy) is 2. The summed E-state index contributed by atoms with van der Waals surface area (Å²) in [6.07, 6.45) is 10.8. The van der Waals surface area contributed by atoms with E-state index in [1.54, 1.807) is 0 Å². The zero-order valence-corrected chi connectivity index (χ0v) is 30.0. The fourth-order valence-electron chi connectivity index (χ4n) is 8.72. The minimum atomic E-state index is -0.769. The highest BCUT2D eigenvalue weighted by Crippen LogP contribution is 2.54. The van der Waals surface area contributed by atoms with E-state index in [4.69, 9.17) is 14.5 Å². The second-order valence-corrected chi connectivity index (χ2v) is 14.8. The molecule has 4 heteroatoms. The molecule has 0 aromatic heterocycles. The van der Waals surface area contributed by atoms with Crippen LogP contribution in [-0.4, -0.2) is 19.0 Å². The van der Waals surface area contributed by atoms with Gasteiger partial charge in [-0.25, -0.2) is 0 Å². The lowest BCUT2D eigenvalue weighted by molar-refractivity contribution is 0.0826. The summed E-state index contributed by atoms with van der Waals surface area (Å²) in [5.74, 6) is 1.66. The minimum Gasteiger partial charge on any atom is -0.472 e. The molecule has 3 heterocycles. The lowest BCUT2D eigenvalue weighted by Gasteiger charge is -2.45. The van der Waals surface area contributed by atoms with Gasteiger partial charge >= 0.3 is 0 Å². The number of fused-ring (bicyclic) bond motifs is 7. The third-order valence-corrected chi connectivity index (χ3v) is 11.6. The van der Waals surface area contributed by atoms with Gasteiger partial charge in [0.15, 0.2) is 5.60 Å². The van der Waals surface area contributed by atoms with Gasteiger partial charge in [-0.15, -0.1) is 0 Å². The van der Waals surface area contributed by atoms with Gasteiger partial charge in [-0.1, -0.05) is 133 Å². The molecule has 53 heavy (non-hydrogen) atoms. The van der Waals surface area contributed by atoms with Gasteiger partial charge in [-0.3, -0.25) is 4.99 Å². The highest BCUT2D eigenvalue weighted by atomic mass is 16.5. The van der Waals surface area contributed by atoms with E-state index in [0.29, 0.717) is 0 Å². The molecule has 7 aromatic rings. The summed E-state index contributed by atoms with van der Waals surface area (Å²) in [5.41, 5.74) is 6.88. The Bertz CT molecular complexity index is 2630. The Labute approximate surface area is 310 Å². The first-order valence-electron chi connectivity index (χ1n) is 18.3. The molecule has 4 nitrogen and oxygen atoms in total. The van der Waals surface area contributed by atoms with Crippen molar-refractivity contribution in [1.82, 2.24) is 0 Å². The number of anilines is 1. The summed E-state index contributed by atoms with van der Waals surface area (Å²) in [7, 11) is 2.10. The molecular weight excluding hydrogens is 649 g/mol. The van der Waals surface area contributed by atoms with Crippen molar-refractivity contribution in [3.05, 3.63) is 185 Å². The van der Waals surface area contributed by atoms with E-state index >= 15 is 0 Å². The van der Waals surface area contributed by atoms with Gasteiger partial charge in [0.1, 0.15) is 17.2 Å². The molecule has 1 unspecified atom stereocenters. The molecular formula is C49H38N2O2. The molecule has 0 saturated heterocycles. The minimum absolute atomic E-state index is 0.299. The van der Waals surface area contributed by atoms with E-state index in [2.05, 4.69) is 184 Å². The van der Waals surface area contributed by atoms with E-state index in [9.17, 15) is 0 Å². The Morgan fingerprint density at radius 1 is 0.642 bits per heavy atom. The average molecular weight is 687 g/mol.